The number of hydrogen-bond acceptors (Lipinski definition) is 4. The molecule has 5 heteroatoms. The Morgan fingerprint density at radius 1 is 1.21 bits per heavy atom. The minimum atomic E-state index is -3.37. The van der Waals surface area contributed by atoms with Gasteiger partial charge in [0, 0.05) is 0 Å². The average molecular weight is 220 g/mol. The fourth-order valence-corrected chi connectivity index (χ4v) is 4.14. The van der Waals surface area contributed by atoms with Gasteiger partial charge in [-0.1, -0.05) is 0 Å². The molecule has 0 amide bonds. The molecule has 0 aromatic carbocycles. The predicted molar refractivity (Wildman–Crippen MR) is 60.0 cm³/mol. The number of nitriles is 1. The van der Waals surface area contributed by atoms with E-state index in [9.17, 15) is 9.79 Å². The van der Waals surface area contributed by atoms with Gasteiger partial charge in [-0.2, -0.15) is 0 Å². The predicted octanol–water partition coefficient (Wildman–Crippen LogP) is 1.50. The maximum atomic E-state index is 9.92. The summed E-state index contributed by atoms with van der Waals surface area (Å²) in [5, 5.41) is 8.42. The first-order chi connectivity index (χ1) is 6.33. The van der Waals surface area contributed by atoms with Crippen LogP contribution >= 0.6 is 7.87 Å². The molecule has 0 saturated carbocycles. The molecule has 0 bridgehead atoms. The molecule has 2 N–H and O–H groups in total. The summed E-state index contributed by atoms with van der Waals surface area (Å²) in [5.74, 6) is 0. The van der Waals surface area contributed by atoms with Crippen LogP contribution in [0.15, 0.2) is 0 Å². The molecule has 0 aliphatic carbocycles. The van der Waals surface area contributed by atoms with Crippen molar-refractivity contribution in [2.75, 3.05) is 6.16 Å². The van der Waals surface area contributed by atoms with E-state index in [1.165, 1.54) is 0 Å². The molecule has 84 valence electrons. The van der Waals surface area contributed by atoms with Gasteiger partial charge in [-0.05, 0) is 0 Å². The van der Waals surface area contributed by atoms with Crippen LogP contribution in [-0.2, 0) is 0 Å². The zero-order valence-electron chi connectivity index (χ0n) is 9.36. The molecule has 0 aromatic heterocycles. The first-order valence-electron chi connectivity index (χ1n) is 4.93. The minimum absolute atomic E-state index is 0.0929. The van der Waals surface area contributed by atoms with Crippen molar-refractivity contribution in [1.82, 2.24) is 4.67 Å². The molecule has 0 heterocycles. The number of nitrogens with zero attached hydrogens (tertiary/aromatic N) is 2. The van der Waals surface area contributed by atoms with Crippen molar-refractivity contribution in [1.29, 1.82) is 5.26 Å². The third-order valence-electron chi connectivity index (χ3n) is 2.10. The molecule has 0 aliphatic rings. The summed E-state index contributed by atoms with van der Waals surface area (Å²) in [6.07, 6.45) is 0.398. The number of rotatable bonds is 5. The second kappa shape index (κ2) is 5.63. The molecule has 0 unspecified atom stereocenters. The first-order valence-corrected chi connectivity index (χ1v) is 6.98. The standard InChI is InChI=1S/C9H21N2O2P/c1-8(2)11(9(3)4)14(12,13)7-5-6-10/h8-9,12-14H,5,7H2,1-4H3. The molecular formula is C9H21N2O2P. The second-order valence-corrected chi connectivity index (χ2v) is 6.59. The van der Waals surface area contributed by atoms with Crippen molar-refractivity contribution in [3.05, 3.63) is 0 Å². The zero-order valence-corrected chi connectivity index (χ0v) is 10.4. The summed E-state index contributed by atoms with van der Waals surface area (Å²) < 4.78 is 1.73. The molecule has 0 saturated heterocycles. The molecule has 0 atom stereocenters. The SMILES string of the molecule is CC(C)N(C(C)C)[PH](O)(O)CCC#N. The van der Waals surface area contributed by atoms with E-state index >= 15 is 0 Å². The van der Waals surface area contributed by atoms with Gasteiger partial charge in [-0.3, -0.25) is 0 Å². The zero-order chi connectivity index (χ0) is 11.4. The topological polar surface area (TPSA) is 67.5 Å². The summed E-state index contributed by atoms with van der Waals surface area (Å²) >= 11 is 0. The van der Waals surface area contributed by atoms with Crippen LogP contribution in [0.1, 0.15) is 34.1 Å². The van der Waals surface area contributed by atoms with Crippen LogP contribution in [-0.4, -0.2) is 32.7 Å². The fraction of sp³-hybridized carbons (Fsp3) is 0.889. The van der Waals surface area contributed by atoms with Crippen LogP contribution in [0.5, 0.6) is 0 Å². The van der Waals surface area contributed by atoms with E-state index in [4.69, 9.17) is 5.26 Å². The Morgan fingerprint density at radius 3 is 1.93 bits per heavy atom. The second-order valence-electron chi connectivity index (χ2n) is 4.03. The van der Waals surface area contributed by atoms with Crippen LogP contribution in [0.4, 0.5) is 0 Å². The fourth-order valence-electron chi connectivity index (χ4n) is 1.78. The molecule has 0 spiro atoms. The van der Waals surface area contributed by atoms with Gasteiger partial charge >= 0.3 is 86.0 Å². The summed E-state index contributed by atoms with van der Waals surface area (Å²) in [5.41, 5.74) is 0. The Balaban J connectivity index is 4.55. The molecule has 0 radical (unpaired) electrons. The van der Waals surface area contributed by atoms with E-state index in [2.05, 4.69) is 0 Å². The average Bonchev–Trinajstić information content (AvgIpc) is 1.98. The van der Waals surface area contributed by atoms with Crippen molar-refractivity contribution in [3.8, 4) is 6.07 Å². The van der Waals surface area contributed by atoms with Gasteiger partial charge in [0.2, 0.25) is 0 Å². The summed E-state index contributed by atoms with van der Waals surface area (Å²) in [6.45, 7) is 7.72. The van der Waals surface area contributed by atoms with E-state index in [-0.39, 0.29) is 24.7 Å². The van der Waals surface area contributed by atoms with E-state index < -0.39 is 7.87 Å². The van der Waals surface area contributed by atoms with Crippen molar-refractivity contribution in [2.45, 2.75) is 46.2 Å². The van der Waals surface area contributed by atoms with E-state index in [1.54, 1.807) is 4.67 Å². The normalized spacial score (nSPS) is 13.7. The Morgan fingerprint density at radius 2 is 1.64 bits per heavy atom. The molecule has 0 aliphatic heterocycles. The van der Waals surface area contributed by atoms with Gasteiger partial charge < -0.3 is 0 Å². The summed E-state index contributed by atoms with van der Waals surface area (Å²) in [7, 11) is -3.37. The molecule has 4 nitrogen and oxygen atoms in total. The third kappa shape index (κ3) is 3.89. The Kier molecular flexibility index (Phi) is 5.54. The van der Waals surface area contributed by atoms with Crippen LogP contribution in [0.25, 0.3) is 0 Å². The molecule has 14 heavy (non-hydrogen) atoms. The van der Waals surface area contributed by atoms with Crippen LogP contribution in [0, 0.1) is 11.3 Å². The number of hydrogen-bond donors (Lipinski definition) is 2. The van der Waals surface area contributed by atoms with Gasteiger partial charge in [0.15, 0.2) is 0 Å². The molecule has 0 rings (SSSR count). The Bertz CT molecular complexity index is 203. The van der Waals surface area contributed by atoms with Crippen molar-refractivity contribution < 1.29 is 9.79 Å². The Hall–Kier alpha value is -0.200. The van der Waals surface area contributed by atoms with Gasteiger partial charge in [-0.15, -0.1) is 0 Å². The molecule has 0 aromatic rings. The third-order valence-corrected chi connectivity index (χ3v) is 4.88. The van der Waals surface area contributed by atoms with Crippen molar-refractivity contribution >= 4 is 7.87 Å². The van der Waals surface area contributed by atoms with Crippen LogP contribution < -0.4 is 0 Å². The van der Waals surface area contributed by atoms with Crippen LogP contribution in [0.3, 0.4) is 0 Å². The molecule has 0 fully saturated rings. The monoisotopic (exact) mass is 220 g/mol. The van der Waals surface area contributed by atoms with Gasteiger partial charge in [0.25, 0.3) is 0 Å². The summed E-state index contributed by atoms with van der Waals surface area (Å²) in [4.78, 5) is 19.8. The van der Waals surface area contributed by atoms with Gasteiger partial charge in [0.05, 0.1) is 0 Å². The molecular weight excluding hydrogens is 199 g/mol. The van der Waals surface area contributed by atoms with Crippen molar-refractivity contribution in [2.24, 2.45) is 0 Å². The van der Waals surface area contributed by atoms with E-state index in [0.717, 1.165) is 0 Å². The van der Waals surface area contributed by atoms with Gasteiger partial charge in [-0.25, -0.2) is 0 Å². The van der Waals surface area contributed by atoms with Gasteiger partial charge in [0.1, 0.15) is 0 Å². The van der Waals surface area contributed by atoms with E-state index in [1.807, 2.05) is 33.8 Å². The summed E-state index contributed by atoms with van der Waals surface area (Å²) in [6, 6.07) is 2.13. The van der Waals surface area contributed by atoms with Crippen LogP contribution in [0.2, 0.25) is 0 Å². The maximum absolute atomic E-state index is 9.92. The van der Waals surface area contributed by atoms with Crippen molar-refractivity contribution in [3.63, 3.8) is 0 Å². The first kappa shape index (κ1) is 13.8. The van der Waals surface area contributed by atoms with E-state index in [0.29, 0.717) is 0 Å². The quantitative estimate of drug-likeness (QED) is 0.689. The Labute approximate surface area is 86.7 Å².